The van der Waals surface area contributed by atoms with Crippen molar-refractivity contribution in [3.05, 3.63) is 46.6 Å². The molecule has 0 aliphatic carbocycles. The van der Waals surface area contributed by atoms with Gasteiger partial charge in [0.05, 0.1) is 20.3 Å². The summed E-state index contributed by atoms with van der Waals surface area (Å²) in [6, 6.07) is 9.69. The summed E-state index contributed by atoms with van der Waals surface area (Å²) in [6.07, 6.45) is 0. The van der Waals surface area contributed by atoms with E-state index < -0.39 is 0 Å². The number of aromatic nitrogens is 3. The molecule has 0 saturated heterocycles. The summed E-state index contributed by atoms with van der Waals surface area (Å²) in [5.74, 6) is 1.18. The SMILES string of the molecule is CC(Sc1nc2cc(Cl)ccc2s1)c1nnc(-c2cccs2)o1. The number of hydrogen-bond donors (Lipinski definition) is 0. The minimum Gasteiger partial charge on any atom is -0.419 e. The van der Waals surface area contributed by atoms with Crippen molar-refractivity contribution in [1.82, 2.24) is 15.2 Å². The molecule has 0 amide bonds. The summed E-state index contributed by atoms with van der Waals surface area (Å²) < 4.78 is 7.86. The van der Waals surface area contributed by atoms with Crippen molar-refractivity contribution in [3.8, 4) is 10.8 Å². The quantitative estimate of drug-likeness (QED) is 0.412. The smallest absolute Gasteiger partial charge is 0.257 e. The molecule has 0 fully saturated rings. The number of thiazole rings is 1. The van der Waals surface area contributed by atoms with E-state index in [1.54, 1.807) is 34.4 Å². The van der Waals surface area contributed by atoms with Crippen LogP contribution in [0.15, 0.2) is 44.5 Å². The topological polar surface area (TPSA) is 51.8 Å². The van der Waals surface area contributed by atoms with E-state index in [1.165, 1.54) is 0 Å². The molecule has 23 heavy (non-hydrogen) atoms. The molecule has 0 bridgehead atoms. The highest BCUT2D eigenvalue weighted by atomic mass is 35.5. The minimum atomic E-state index is 0.0345. The van der Waals surface area contributed by atoms with Crippen LogP contribution in [0.25, 0.3) is 21.0 Å². The van der Waals surface area contributed by atoms with Crippen LogP contribution in [0.1, 0.15) is 18.1 Å². The molecule has 116 valence electrons. The lowest BCUT2D eigenvalue weighted by Crippen LogP contribution is -1.88. The van der Waals surface area contributed by atoms with Crippen molar-refractivity contribution in [2.24, 2.45) is 0 Å². The lowest BCUT2D eigenvalue weighted by Gasteiger charge is -2.02. The zero-order valence-electron chi connectivity index (χ0n) is 11.9. The van der Waals surface area contributed by atoms with Gasteiger partial charge in [0, 0.05) is 5.02 Å². The first-order chi connectivity index (χ1) is 11.2. The van der Waals surface area contributed by atoms with Crippen molar-refractivity contribution >= 4 is 56.3 Å². The maximum atomic E-state index is 6.01. The van der Waals surface area contributed by atoms with Crippen LogP contribution >= 0.6 is 46.0 Å². The Labute approximate surface area is 149 Å². The van der Waals surface area contributed by atoms with Gasteiger partial charge in [-0.1, -0.05) is 29.4 Å². The van der Waals surface area contributed by atoms with E-state index in [-0.39, 0.29) is 5.25 Å². The molecule has 3 aromatic heterocycles. The third-order valence-electron chi connectivity index (χ3n) is 3.13. The number of rotatable bonds is 4. The highest BCUT2D eigenvalue weighted by Gasteiger charge is 2.18. The number of hydrogen-bond acceptors (Lipinski definition) is 7. The Morgan fingerprint density at radius 1 is 1.26 bits per heavy atom. The fourth-order valence-corrected chi connectivity index (χ4v) is 5.06. The second kappa shape index (κ2) is 6.24. The van der Waals surface area contributed by atoms with Crippen molar-refractivity contribution in [1.29, 1.82) is 0 Å². The van der Waals surface area contributed by atoms with E-state index in [9.17, 15) is 0 Å². The van der Waals surface area contributed by atoms with Crippen LogP contribution in [0.3, 0.4) is 0 Å². The fourth-order valence-electron chi connectivity index (χ4n) is 2.03. The van der Waals surface area contributed by atoms with Crippen LogP contribution in [0.4, 0.5) is 0 Å². The molecule has 4 aromatic rings. The van der Waals surface area contributed by atoms with Gasteiger partial charge in [0.25, 0.3) is 5.89 Å². The molecule has 8 heteroatoms. The molecule has 0 aliphatic rings. The van der Waals surface area contributed by atoms with Crippen LogP contribution in [0, 0.1) is 0 Å². The van der Waals surface area contributed by atoms with E-state index in [1.807, 2.05) is 42.6 Å². The van der Waals surface area contributed by atoms with Crippen LogP contribution in [0.5, 0.6) is 0 Å². The third-order valence-corrected chi connectivity index (χ3v) is 6.44. The highest BCUT2D eigenvalue weighted by molar-refractivity contribution is 8.01. The van der Waals surface area contributed by atoms with E-state index >= 15 is 0 Å². The summed E-state index contributed by atoms with van der Waals surface area (Å²) in [7, 11) is 0. The second-order valence-electron chi connectivity index (χ2n) is 4.77. The Bertz CT molecular complexity index is 948. The van der Waals surface area contributed by atoms with E-state index in [0.29, 0.717) is 16.8 Å². The predicted octanol–water partition coefficient (Wildman–Crippen LogP) is 5.91. The molecule has 0 radical (unpaired) electrons. The summed E-state index contributed by atoms with van der Waals surface area (Å²) in [5.41, 5.74) is 0.919. The summed E-state index contributed by atoms with van der Waals surface area (Å²) in [5, 5.41) is 11.0. The van der Waals surface area contributed by atoms with Crippen LogP contribution in [-0.4, -0.2) is 15.2 Å². The molecule has 1 aromatic carbocycles. The van der Waals surface area contributed by atoms with E-state index in [4.69, 9.17) is 16.0 Å². The Morgan fingerprint density at radius 3 is 3.00 bits per heavy atom. The first kappa shape index (κ1) is 15.1. The van der Waals surface area contributed by atoms with Gasteiger partial charge < -0.3 is 4.42 Å². The Kier molecular flexibility index (Phi) is 4.11. The lowest BCUT2D eigenvalue weighted by molar-refractivity contribution is 0.510. The molecule has 4 rings (SSSR count). The summed E-state index contributed by atoms with van der Waals surface area (Å²) >= 11 is 10.8. The third kappa shape index (κ3) is 3.14. The molecule has 3 heterocycles. The number of thioether (sulfide) groups is 1. The first-order valence-electron chi connectivity index (χ1n) is 6.79. The summed E-state index contributed by atoms with van der Waals surface area (Å²) in [6.45, 7) is 2.04. The Hall–Kier alpha value is -1.41. The minimum absolute atomic E-state index is 0.0345. The van der Waals surface area contributed by atoms with Crippen molar-refractivity contribution in [3.63, 3.8) is 0 Å². The first-order valence-corrected chi connectivity index (χ1v) is 9.74. The molecule has 0 aliphatic heterocycles. The van der Waals surface area contributed by atoms with Gasteiger partial charge in [-0.3, -0.25) is 0 Å². The van der Waals surface area contributed by atoms with Gasteiger partial charge in [-0.15, -0.1) is 32.9 Å². The average molecular weight is 380 g/mol. The molecule has 0 saturated carbocycles. The van der Waals surface area contributed by atoms with Gasteiger partial charge in [0.1, 0.15) is 0 Å². The Morgan fingerprint density at radius 2 is 2.17 bits per heavy atom. The highest BCUT2D eigenvalue weighted by Crippen LogP contribution is 2.39. The molecular weight excluding hydrogens is 370 g/mol. The zero-order chi connectivity index (χ0) is 15.8. The van der Waals surface area contributed by atoms with Gasteiger partial charge in [0.2, 0.25) is 5.89 Å². The molecule has 4 nitrogen and oxygen atoms in total. The largest absolute Gasteiger partial charge is 0.419 e. The van der Waals surface area contributed by atoms with Crippen molar-refractivity contribution in [2.75, 3.05) is 0 Å². The molecule has 1 atom stereocenters. The summed E-state index contributed by atoms with van der Waals surface area (Å²) in [4.78, 5) is 5.59. The number of halogens is 1. The Balaban J connectivity index is 1.55. The zero-order valence-corrected chi connectivity index (χ0v) is 15.1. The van der Waals surface area contributed by atoms with Gasteiger partial charge in [-0.2, -0.15) is 0 Å². The number of nitrogens with zero attached hydrogens (tertiary/aromatic N) is 3. The monoisotopic (exact) mass is 379 g/mol. The van der Waals surface area contributed by atoms with Crippen molar-refractivity contribution in [2.45, 2.75) is 16.5 Å². The average Bonchev–Trinajstić information content (AvgIpc) is 3.26. The van der Waals surface area contributed by atoms with Crippen molar-refractivity contribution < 1.29 is 4.42 Å². The standard InChI is InChI=1S/C15H10ClN3OS3/c1-8(13-18-19-14(20-13)12-3-2-6-21-12)22-15-17-10-7-9(16)4-5-11(10)23-15/h2-8H,1H3. The lowest BCUT2D eigenvalue weighted by atomic mass is 10.3. The van der Waals surface area contributed by atoms with E-state index in [0.717, 1.165) is 19.4 Å². The van der Waals surface area contributed by atoms with Gasteiger partial charge in [-0.05, 0) is 36.6 Å². The predicted molar refractivity (Wildman–Crippen MR) is 96.5 cm³/mol. The fraction of sp³-hybridized carbons (Fsp3) is 0.133. The normalized spacial score (nSPS) is 12.8. The van der Waals surface area contributed by atoms with Gasteiger partial charge in [0.15, 0.2) is 4.34 Å². The van der Waals surface area contributed by atoms with E-state index in [2.05, 4.69) is 15.2 Å². The molecule has 0 spiro atoms. The van der Waals surface area contributed by atoms with Gasteiger partial charge in [-0.25, -0.2) is 4.98 Å². The van der Waals surface area contributed by atoms with Crippen LogP contribution < -0.4 is 0 Å². The molecular formula is C15H10ClN3OS3. The second-order valence-corrected chi connectivity index (χ2v) is 8.78. The molecule has 0 N–H and O–H groups in total. The molecule has 1 unspecified atom stereocenters. The van der Waals surface area contributed by atoms with Crippen LogP contribution in [-0.2, 0) is 0 Å². The maximum Gasteiger partial charge on any atom is 0.257 e. The number of thiophene rings is 1. The maximum absolute atomic E-state index is 6.01. The van der Waals surface area contributed by atoms with Gasteiger partial charge >= 0.3 is 0 Å². The van der Waals surface area contributed by atoms with Crippen LogP contribution in [0.2, 0.25) is 5.02 Å². The number of benzene rings is 1. The number of fused-ring (bicyclic) bond motifs is 1.